The Morgan fingerprint density at radius 2 is 1.73 bits per heavy atom. The maximum atomic E-state index is 12.7. The van der Waals surface area contributed by atoms with Crippen LogP contribution in [0.4, 0.5) is 0 Å². The summed E-state index contributed by atoms with van der Waals surface area (Å²) in [7, 11) is 0. The number of hydrogen-bond donors (Lipinski definition) is 8. The van der Waals surface area contributed by atoms with Crippen LogP contribution >= 0.6 is 0 Å². The summed E-state index contributed by atoms with van der Waals surface area (Å²) < 4.78 is 10.8. The van der Waals surface area contributed by atoms with Gasteiger partial charge in [0.15, 0.2) is 6.29 Å². The molecule has 0 aromatic carbocycles. The third-order valence-electron chi connectivity index (χ3n) is 7.91. The fourth-order valence-corrected chi connectivity index (χ4v) is 5.30. The van der Waals surface area contributed by atoms with Crippen LogP contribution < -0.4 is 27.4 Å². The zero-order valence-corrected chi connectivity index (χ0v) is 24.1. The smallest absolute Gasteiger partial charge is 0.249 e. The topological polar surface area (TPSA) is 236 Å². The summed E-state index contributed by atoms with van der Waals surface area (Å²) in [4.78, 5) is 49.5. The van der Waals surface area contributed by atoms with E-state index in [2.05, 4.69) is 16.0 Å². The highest BCUT2D eigenvalue weighted by Crippen LogP contribution is 2.28. The number of carbonyl (C=O) groups excluding carboxylic acids is 4. The summed E-state index contributed by atoms with van der Waals surface area (Å²) in [6.45, 7) is 2.63. The first-order valence-corrected chi connectivity index (χ1v) is 14.6. The lowest BCUT2D eigenvalue weighted by atomic mass is 9.86. The SMILES string of the molecule is C[C@H](NC(=O)[C@@H](C)O[C@H]1C(O)C(CO)OC(O)[C@H]1CN)C(=O)N[C@H](CCC(=O)NCCCC1CCCCC1)C(N)=O. The molecule has 3 unspecified atom stereocenters. The first-order valence-electron chi connectivity index (χ1n) is 14.6. The lowest BCUT2D eigenvalue weighted by molar-refractivity contribution is -0.280. The minimum atomic E-state index is -1.42. The van der Waals surface area contributed by atoms with Crippen LogP contribution in [0.25, 0.3) is 0 Å². The number of aliphatic hydroxyl groups is 3. The van der Waals surface area contributed by atoms with Crippen LogP contribution in [-0.4, -0.2) is 101 Å². The van der Waals surface area contributed by atoms with E-state index in [-0.39, 0.29) is 25.3 Å². The Labute approximate surface area is 241 Å². The third kappa shape index (κ3) is 11.1. The lowest BCUT2D eigenvalue weighted by Crippen LogP contribution is -2.60. The number of carbonyl (C=O) groups is 4. The average molecular weight is 588 g/mol. The molecular weight excluding hydrogens is 538 g/mol. The van der Waals surface area contributed by atoms with Crippen LogP contribution in [0.15, 0.2) is 0 Å². The third-order valence-corrected chi connectivity index (χ3v) is 7.91. The molecule has 8 atom stereocenters. The summed E-state index contributed by atoms with van der Waals surface area (Å²) in [5.41, 5.74) is 11.1. The van der Waals surface area contributed by atoms with Gasteiger partial charge in [0.2, 0.25) is 23.6 Å². The lowest BCUT2D eigenvalue weighted by Gasteiger charge is -2.42. The molecule has 0 spiro atoms. The van der Waals surface area contributed by atoms with Crippen molar-refractivity contribution in [3.05, 3.63) is 0 Å². The van der Waals surface area contributed by atoms with Crippen molar-refractivity contribution in [1.29, 1.82) is 0 Å². The molecule has 4 amide bonds. The van der Waals surface area contributed by atoms with E-state index in [4.69, 9.17) is 20.9 Å². The van der Waals surface area contributed by atoms with Gasteiger partial charge in [-0.05, 0) is 39.0 Å². The molecule has 41 heavy (non-hydrogen) atoms. The standard InChI is InChI=1S/C27H49N5O9/c1-15(31-26(38)16(2)40-23-18(13-28)27(39)41-20(14-33)22(23)35)25(37)32-19(24(29)36)10-11-21(34)30-12-6-9-17-7-4-3-5-8-17/h15-20,22-23,27,33,35,39H,3-14,28H2,1-2H3,(H2,29,36)(H,30,34)(H,31,38)(H,32,37)/t15-,16+,18-,19+,20?,22?,23+,27?/m0/s1. The van der Waals surface area contributed by atoms with Crippen LogP contribution in [-0.2, 0) is 28.7 Å². The Morgan fingerprint density at radius 1 is 1.05 bits per heavy atom. The molecule has 2 aliphatic rings. The molecule has 14 heteroatoms. The molecule has 14 nitrogen and oxygen atoms in total. The molecule has 0 bridgehead atoms. The van der Waals surface area contributed by atoms with Gasteiger partial charge in [0.25, 0.3) is 0 Å². The number of ether oxygens (including phenoxy) is 2. The number of amides is 4. The molecule has 1 saturated heterocycles. The van der Waals surface area contributed by atoms with Crippen molar-refractivity contribution in [3.63, 3.8) is 0 Å². The van der Waals surface area contributed by atoms with Crippen LogP contribution in [0.1, 0.15) is 71.6 Å². The Morgan fingerprint density at radius 3 is 2.34 bits per heavy atom. The average Bonchev–Trinajstić information content (AvgIpc) is 2.95. The van der Waals surface area contributed by atoms with Crippen LogP contribution in [0, 0.1) is 11.8 Å². The van der Waals surface area contributed by atoms with Crippen molar-refractivity contribution in [3.8, 4) is 0 Å². The second kappa shape index (κ2) is 17.6. The zero-order chi connectivity index (χ0) is 30.5. The first kappa shape index (κ1) is 34.8. The Balaban J connectivity index is 1.78. The second-order valence-electron chi connectivity index (χ2n) is 11.1. The molecule has 1 heterocycles. The maximum absolute atomic E-state index is 12.7. The fourth-order valence-electron chi connectivity index (χ4n) is 5.30. The fraction of sp³-hybridized carbons (Fsp3) is 0.852. The van der Waals surface area contributed by atoms with Crippen molar-refractivity contribution >= 4 is 23.6 Å². The Kier molecular flexibility index (Phi) is 14.9. The minimum Gasteiger partial charge on any atom is -0.394 e. The van der Waals surface area contributed by atoms with Gasteiger partial charge in [0.05, 0.1) is 18.6 Å². The van der Waals surface area contributed by atoms with Gasteiger partial charge in [0, 0.05) is 19.5 Å². The number of nitrogens with one attached hydrogen (secondary N) is 3. The molecule has 2 rings (SSSR count). The van der Waals surface area contributed by atoms with Crippen molar-refractivity contribution in [1.82, 2.24) is 16.0 Å². The number of nitrogens with two attached hydrogens (primary N) is 2. The van der Waals surface area contributed by atoms with Gasteiger partial charge in [-0.1, -0.05) is 32.1 Å². The van der Waals surface area contributed by atoms with Gasteiger partial charge in [-0.15, -0.1) is 0 Å². The van der Waals surface area contributed by atoms with Gasteiger partial charge in [-0.3, -0.25) is 19.2 Å². The predicted octanol–water partition coefficient (Wildman–Crippen LogP) is -1.86. The van der Waals surface area contributed by atoms with Crippen molar-refractivity contribution in [2.24, 2.45) is 23.3 Å². The summed E-state index contributed by atoms with van der Waals surface area (Å²) in [5, 5.41) is 37.7. The summed E-state index contributed by atoms with van der Waals surface area (Å²) in [6.07, 6.45) is 2.13. The predicted molar refractivity (Wildman–Crippen MR) is 148 cm³/mol. The second-order valence-corrected chi connectivity index (χ2v) is 11.1. The summed E-state index contributed by atoms with van der Waals surface area (Å²) in [5.74, 6) is -2.58. The first-order chi connectivity index (χ1) is 19.5. The highest BCUT2D eigenvalue weighted by Gasteiger charge is 2.45. The van der Waals surface area contributed by atoms with Gasteiger partial charge in [-0.2, -0.15) is 0 Å². The number of hydrogen-bond acceptors (Lipinski definition) is 10. The Bertz CT molecular complexity index is 857. The maximum Gasteiger partial charge on any atom is 0.249 e. The van der Waals surface area contributed by atoms with E-state index in [1.54, 1.807) is 0 Å². The van der Waals surface area contributed by atoms with Crippen LogP contribution in [0.2, 0.25) is 0 Å². The molecule has 2 fully saturated rings. The Hall–Kier alpha value is -2.36. The van der Waals surface area contributed by atoms with Crippen molar-refractivity contribution in [2.75, 3.05) is 19.7 Å². The number of aliphatic hydroxyl groups excluding tert-OH is 3. The molecule has 0 aromatic heterocycles. The minimum absolute atomic E-state index is 0.000641. The monoisotopic (exact) mass is 587 g/mol. The molecule has 0 radical (unpaired) electrons. The van der Waals surface area contributed by atoms with Gasteiger partial charge < -0.3 is 52.2 Å². The van der Waals surface area contributed by atoms with E-state index in [1.807, 2.05) is 0 Å². The normalized spacial score (nSPS) is 27.3. The van der Waals surface area contributed by atoms with Gasteiger partial charge >= 0.3 is 0 Å². The quantitative estimate of drug-likeness (QED) is 0.0937. The van der Waals surface area contributed by atoms with E-state index in [1.165, 1.54) is 46.0 Å². The number of primary amides is 1. The largest absolute Gasteiger partial charge is 0.394 e. The van der Waals surface area contributed by atoms with Crippen molar-refractivity contribution in [2.45, 2.75) is 114 Å². The van der Waals surface area contributed by atoms with Crippen LogP contribution in [0.3, 0.4) is 0 Å². The summed E-state index contributed by atoms with van der Waals surface area (Å²) >= 11 is 0. The van der Waals surface area contributed by atoms with E-state index < -0.39 is 73.0 Å². The van der Waals surface area contributed by atoms with E-state index in [0.29, 0.717) is 6.54 Å². The summed E-state index contributed by atoms with van der Waals surface area (Å²) in [6, 6.07) is -2.20. The molecule has 0 aromatic rings. The molecule has 236 valence electrons. The zero-order valence-electron chi connectivity index (χ0n) is 24.1. The van der Waals surface area contributed by atoms with E-state index in [0.717, 1.165) is 18.8 Å². The van der Waals surface area contributed by atoms with Crippen LogP contribution in [0.5, 0.6) is 0 Å². The van der Waals surface area contributed by atoms with E-state index >= 15 is 0 Å². The van der Waals surface area contributed by atoms with E-state index in [9.17, 15) is 34.5 Å². The molecular formula is C27H49N5O9. The molecule has 1 aliphatic carbocycles. The molecule has 10 N–H and O–H groups in total. The molecule has 1 saturated carbocycles. The van der Waals surface area contributed by atoms with Gasteiger partial charge in [-0.25, -0.2) is 0 Å². The highest BCUT2D eigenvalue weighted by molar-refractivity contribution is 5.92. The number of rotatable bonds is 16. The van der Waals surface area contributed by atoms with Gasteiger partial charge in [0.1, 0.15) is 30.4 Å². The molecule has 1 aliphatic heterocycles. The van der Waals surface area contributed by atoms with Crippen molar-refractivity contribution < 1.29 is 44.0 Å². The highest BCUT2D eigenvalue weighted by atomic mass is 16.6.